The van der Waals surface area contributed by atoms with Gasteiger partial charge in [0.15, 0.2) is 0 Å². The second-order valence-corrected chi connectivity index (χ2v) is 10.5. The first-order valence-electron chi connectivity index (χ1n) is 8.08. The summed E-state index contributed by atoms with van der Waals surface area (Å²) < 4.78 is 55.7. The SMILES string of the molecule is CCCOc1ccc(S(=O)(=O)N2CCC(S(C)(=O)=O)CC2)cc1C. The van der Waals surface area contributed by atoms with Crippen LogP contribution in [0.15, 0.2) is 23.1 Å². The first-order valence-corrected chi connectivity index (χ1v) is 11.5. The monoisotopic (exact) mass is 375 g/mol. The van der Waals surface area contributed by atoms with E-state index in [-0.39, 0.29) is 18.0 Å². The number of nitrogens with zero attached hydrogens (tertiary/aromatic N) is 1. The number of rotatable bonds is 6. The van der Waals surface area contributed by atoms with Crippen LogP contribution >= 0.6 is 0 Å². The normalized spacial score (nSPS) is 17.8. The molecule has 0 aromatic heterocycles. The minimum atomic E-state index is -3.61. The molecule has 8 heteroatoms. The molecule has 1 aromatic carbocycles. The van der Waals surface area contributed by atoms with Crippen LogP contribution in [0, 0.1) is 6.92 Å². The van der Waals surface area contributed by atoms with Gasteiger partial charge in [0.05, 0.1) is 16.8 Å². The molecule has 0 radical (unpaired) electrons. The number of hydrogen-bond acceptors (Lipinski definition) is 5. The molecule has 0 unspecified atom stereocenters. The van der Waals surface area contributed by atoms with E-state index >= 15 is 0 Å². The van der Waals surface area contributed by atoms with Crippen molar-refractivity contribution in [2.24, 2.45) is 0 Å². The molecule has 1 aromatic rings. The number of aryl methyl sites for hydroxylation is 1. The van der Waals surface area contributed by atoms with Crippen LogP contribution in [0.3, 0.4) is 0 Å². The summed E-state index contributed by atoms with van der Waals surface area (Å²) in [6.45, 7) is 4.88. The maximum absolute atomic E-state index is 12.8. The first kappa shape index (κ1) is 19.2. The minimum absolute atomic E-state index is 0.224. The Hall–Kier alpha value is -1.12. The van der Waals surface area contributed by atoms with Crippen LogP contribution in [-0.2, 0) is 19.9 Å². The van der Waals surface area contributed by atoms with Crippen molar-refractivity contribution in [3.8, 4) is 5.75 Å². The van der Waals surface area contributed by atoms with Gasteiger partial charge in [-0.05, 0) is 49.9 Å². The van der Waals surface area contributed by atoms with Crippen LogP contribution in [0.4, 0.5) is 0 Å². The fourth-order valence-electron chi connectivity index (χ4n) is 2.81. The molecule has 0 aliphatic carbocycles. The quantitative estimate of drug-likeness (QED) is 0.759. The summed E-state index contributed by atoms with van der Waals surface area (Å²) in [6.07, 6.45) is 2.78. The third-order valence-electron chi connectivity index (χ3n) is 4.25. The fourth-order valence-corrected chi connectivity index (χ4v) is 5.43. The van der Waals surface area contributed by atoms with Gasteiger partial charge in [0.25, 0.3) is 0 Å². The molecule has 1 heterocycles. The zero-order valence-electron chi connectivity index (χ0n) is 14.4. The molecule has 0 spiro atoms. The Bertz CT molecular complexity index is 779. The van der Waals surface area contributed by atoms with Crippen LogP contribution in [0.25, 0.3) is 0 Å². The van der Waals surface area contributed by atoms with E-state index in [1.807, 2.05) is 13.8 Å². The molecule has 6 nitrogen and oxygen atoms in total. The Morgan fingerprint density at radius 3 is 2.29 bits per heavy atom. The van der Waals surface area contributed by atoms with Crippen LogP contribution < -0.4 is 4.74 Å². The molecule has 2 rings (SSSR count). The largest absolute Gasteiger partial charge is 0.493 e. The van der Waals surface area contributed by atoms with Crippen molar-refractivity contribution in [3.05, 3.63) is 23.8 Å². The van der Waals surface area contributed by atoms with Crippen molar-refractivity contribution in [2.45, 2.75) is 43.3 Å². The molecule has 0 bridgehead atoms. The molecular weight excluding hydrogens is 350 g/mol. The Morgan fingerprint density at radius 1 is 1.17 bits per heavy atom. The Balaban J connectivity index is 2.15. The summed E-state index contributed by atoms with van der Waals surface area (Å²) in [5.74, 6) is 0.687. The van der Waals surface area contributed by atoms with Crippen LogP contribution in [0.1, 0.15) is 31.7 Å². The summed E-state index contributed by atoms with van der Waals surface area (Å²) in [7, 11) is -6.73. The van der Waals surface area contributed by atoms with Crippen LogP contribution in [0.2, 0.25) is 0 Å². The van der Waals surface area contributed by atoms with E-state index in [0.717, 1.165) is 12.0 Å². The van der Waals surface area contributed by atoms with Gasteiger partial charge in [0, 0.05) is 19.3 Å². The lowest BCUT2D eigenvalue weighted by atomic mass is 10.2. The highest BCUT2D eigenvalue weighted by Crippen LogP contribution is 2.27. The fraction of sp³-hybridized carbons (Fsp3) is 0.625. The van der Waals surface area contributed by atoms with Gasteiger partial charge in [-0.3, -0.25) is 0 Å². The summed E-state index contributed by atoms with van der Waals surface area (Å²) >= 11 is 0. The second kappa shape index (κ2) is 7.41. The molecule has 1 aliphatic heterocycles. The number of sulfonamides is 1. The third-order valence-corrected chi connectivity index (χ3v) is 7.83. The molecule has 1 saturated heterocycles. The summed E-state index contributed by atoms with van der Waals surface area (Å²) in [4.78, 5) is 0.224. The van der Waals surface area contributed by atoms with E-state index in [4.69, 9.17) is 4.74 Å². The Kier molecular flexibility index (Phi) is 5.93. The Labute approximate surface area is 144 Å². The van der Waals surface area contributed by atoms with E-state index < -0.39 is 25.1 Å². The zero-order chi connectivity index (χ0) is 18.0. The van der Waals surface area contributed by atoms with Crippen molar-refractivity contribution >= 4 is 19.9 Å². The second-order valence-electron chi connectivity index (χ2n) is 6.21. The lowest BCUT2D eigenvalue weighted by Crippen LogP contribution is -2.42. The molecule has 0 saturated carbocycles. The summed E-state index contributed by atoms with van der Waals surface area (Å²) in [6, 6.07) is 4.85. The molecular formula is C16H25NO5S2. The summed E-state index contributed by atoms with van der Waals surface area (Å²) in [5.41, 5.74) is 0.774. The lowest BCUT2D eigenvalue weighted by molar-refractivity contribution is 0.315. The molecule has 1 aliphatic rings. The maximum atomic E-state index is 12.8. The van der Waals surface area contributed by atoms with Crippen LogP contribution in [0.5, 0.6) is 5.75 Å². The number of sulfone groups is 1. The predicted molar refractivity (Wildman–Crippen MR) is 93.6 cm³/mol. The van der Waals surface area contributed by atoms with Gasteiger partial charge in [0.1, 0.15) is 15.6 Å². The topological polar surface area (TPSA) is 80.8 Å². The van der Waals surface area contributed by atoms with Gasteiger partial charge in [-0.2, -0.15) is 4.31 Å². The van der Waals surface area contributed by atoms with Crippen molar-refractivity contribution in [1.29, 1.82) is 0 Å². The van der Waals surface area contributed by atoms with Crippen molar-refractivity contribution in [2.75, 3.05) is 26.0 Å². The molecule has 24 heavy (non-hydrogen) atoms. The highest BCUT2D eigenvalue weighted by molar-refractivity contribution is 7.91. The molecule has 1 fully saturated rings. The first-order chi connectivity index (χ1) is 11.2. The highest BCUT2D eigenvalue weighted by atomic mass is 32.2. The minimum Gasteiger partial charge on any atom is -0.493 e. The highest BCUT2D eigenvalue weighted by Gasteiger charge is 2.33. The third kappa shape index (κ3) is 4.29. The van der Waals surface area contributed by atoms with Gasteiger partial charge in [0.2, 0.25) is 10.0 Å². The standard InChI is InChI=1S/C16H25NO5S2/c1-4-11-22-16-6-5-15(12-13(16)2)24(20,21)17-9-7-14(8-10-17)23(3,18)19/h5-6,12,14H,4,7-11H2,1-3H3. The average Bonchev–Trinajstić information content (AvgIpc) is 2.53. The van der Waals surface area contributed by atoms with Gasteiger partial charge in [-0.25, -0.2) is 16.8 Å². The van der Waals surface area contributed by atoms with E-state index in [1.165, 1.54) is 10.6 Å². The molecule has 136 valence electrons. The molecule has 0 amide bonds. The smallest absolute Gasteiger partial charge is 0.243 e. The Morgan fingerprint density at radius 2 is 1.79 bits per heavy atom. The zero-order valence-corrected chi connectivity index (χ0v) is 16.0. The average molecular weight is 376 g/mol. The van der Waals surface area contributed by atoms with Crippen molar-refractivity contribution < 1.29 is 21.6 Å². The van der Waals surface area contributed by atoms with E-state index in [2.05, 4.69) is 0 Å². The van der Waals surface area contributed by atoms with Gasteiger partial charge < -0.3 is 4.74 Å². The van der Waals surface area contributed by atoms with E-state index in [1.54, 1.807) is 18.2 Å². The van der Waals surface area contributed by atoms with Gasteiger partial charge in [-0.1, -0.05) is 6.92 Å². The van der Waals surface area contributed by atoms with Crippen molar-refractivity contribution in [1.82, 2.24) is 4.31 Å². The predicted octanol–water partition coefficient (Wildman–Crippen LogP) is 1.98. The molecule has 0 N–H and O–H groups in total. The van der Waals surface area contributed by atoms with Gasteiger partial charge >= 0.3 is 0 Å². The lowest BCUT2D eigenvalue weighted by Gasteiger charge is -2.30. The van der Waals surface area contributed by atoms with E-state index in [0.29, 0.717) is 25.2 Å². The van der Waals surface area contributed by atoms with Crippen molar-refractivity contribution in [3.63, 3.8) is 0 Å². The van der Waals surface area contributed by atoms with E-state index in [9.17, 15) is 16.8 Å². The molecule has 0 atom stereocenters. The number of benzene rings is 1. The number of ether oxygens (including phenoxy) is 1. The summed E-state index contributed by atoms with van der Waals surface area (Å²) in [5, 5.41) is -0.449. The number of hydrogen-bond donors (Lipinski definition) is 0. The van der Waals surface area contributed by atoms with Crippen LogP contribution in [-0.4, -0.2) is 52.3 Å². The maximum Gasteiger partial charge on any atom is 0.243 e. The van der Waals surface area contributed by atoms with Gasteiger partial charge in [-0.15, -0.1) is 0 Å². The number of piperidine rings is 1.